The van der Waals surface area contributed by atoms with E-state index in [0.29, 0.717) is 25.5 Å². The second-order valence-corrected chi connectivity index (χ2v) is 4.85. The number of rotatable bonds is 4. The quantitative estimate of drug-likeness (QED) is 0.781. The third-order valence-corrected chi connectivity index (χ3v) is 3.21. The van der Waals surface area contributed by atoms with Gasteiger partial charge in [0.2, 0.25) is 5.91 Å². The van der Waals surface area contributed by atoms with Gasteiger partial charge in [-0.15, -0.1) is 0 Å². The SMILES string of the molecule is CCC1CN(C(=O)CC(N)C(C)C)CCO1. The summed E-state index contributed by atoms with van der Waals surface area (Å²) in [6.45, 7) is 8.26. The molecule has 4 nitrogen and oxygen atoms in total. The van der Waals surface area contributed by atoms with Crippen LogP contribution in [0.25, 0.3) is 0 Å². The van der Waals surface area contributed by atoms with Crippen molar-refractivity contribution in [1.82, 2.24) is 4.90 Å². The molecule has 0 saturated carbocycles. The predicted molar refractivity (Wildman–Crippen MR) is 64.0 cm³/mol. The number of hydrogen-bond acceptors (Lipinski definition) is 3. The lowest BCUT2D eigenvalue weighted by Gasteiger charge is -2.33. The molecule has 0 bridgehead atoms. The highest BCUT2D eigenvalue weighted by Crippen LogP contribution is 2.11. The molecule has 2 atom stereocenters. The largest absolute Gasteiger partial charge is 0.375 e. The van der Waals surface area contributed by atoms with Crippen LogP contribution in [0.2, 0.25) is 0 Å². The fourth-order valence-electron chi connectivity index (χ4n) is 1.76. The standard InChI is InChI=1S/C12H24N2O2/c1-4-10-8-14(5-6-16-10)12(15)7-11(13)9(2)3/h9-11H,4-8,13H2,1-3H3. The maximum Gasteiger partial charge on any atom is 0.224 e. The molecule has 1 saturated heterocycles. The summed E-state index contributed by atoms with van der Waals surface area (Å²) in [4.78, 5) is 13.9. The molecule has 1 heterocycles. The molecular weight excluding hydrogens is 204 g/mol. The fraction of sp³-hybridized carbons (Fsp3) is 0.917. The average Bonchev–Trinajstić information content (AvgIpc) is 2.28. The van der Waals surface area contributed by atoms with Gasteiger partial charge in [0, 0.05) is 25.6 Å². The van der Waals surface area contributed by atoms with Gasteiger partial charge in [0.05, 0.1) is 12.7 Å². The summed E-state index contributed by atoms with van der Waals surface area (Å²) in [6.07, 6.45) is 1.61. The van der Waals surface area contributed by atoms with Gasteiger partial charge in [-0.05, 0) is 12.3 Å². The first-order valence-electron chi connectivity index (χ1n) is 6.19. The zero-order valence-corrected chi connectivity index (χ0v) is 10.6. The van der Waals surface area contributed by atoms with Gasteiger partial charge >= 0.3 is 0 Å². The average molecular weight is 228 g/mol. The van der Waals surface area contributed by atoms with E-state index in [-0.39, 0.29) is 18.1 Å². The summed E-state index contributed by atoms with van der Waals surface area (Å²) in [5.41, 5.74) is 5.91. The van der Waals surface area contributed by atoms with E-state index < -0.39 is 0 Å². The molecule has 0 aliphatic carbocycles. The Morgan fingerprint density at radius 1 is 1.56 bits per heavy atom. The molecule has 2 N–H and O–H groups in total. The highest BCUT2D eigenvalue weighted by atomic mass is 16.5. The highest BCUT2D eigenvalue weighted by Gasteiger charge is 2.24. The van der Waals surface area contributed by atoms with Crippen LogP contribution in [-0.2, 0) is 9.53 Å². The van der Waals surface area contributed by atoms with Crippen molar-refractivity contribution in [3.8, 4) is 0 Å². The maximum atomic E-state index is 12.0. The molecular formula is C12H24N2O2. The van der Waals surface area contributed by atoms with Crippen molar-refractivity contribution in [1.29, 1.82) is 0 Å². The van der Waals surface area contributed by atoms with Crippen molar-refractivity contribution in [2.75, 3.05) is 19.7 Å². The molecule has 1 aliphatic heterocycles. The second kappa shape index (κ2) is 6.21. The maximum absolute atomic E-state index is 12.0. The Balaban J connectivity index is 2.41. The Labute approximate surface area is 98.1 Å². The number of nitrogens with zero attached hydrogens (tertiary/aromatic N) is 1. The third-order valence-electron chi connectivity index (χ3n) is 3.21. The van der Waals surface area contributed by atoms with E-state index >= 15 is 0 Å². The number of hydrogen-bond donors (Lipinski definition) is 1. The Morgan fingerprint density at radius 2 is 2.25 bits per heavy atom. The number of carbonyl (C=O) groups is 1. The summed E-state index contributed by atoms with van der Waals surface area (Å²) < 4.78 is 5.53. The van der Waals surface area contributed by atoms with Gasteiger partial charge in [-0.2, -0.15) is 0 Å². The molecule has 0 aromatic rings. The minimum Gasteiger partial charge on any atom is -0.375 e. The zero-order valence-electron chi connectivity index (χ0n) is 10.6. The molecule has 1 amide bonds. The van der Waals surface area contributed by atoms with Crippen LogP contribution < -0.4 is 5.73 Å². The van der Waals surface area contributed by atoms with Crippen LogP contribution in [0.1, 0.15) is 33.6 Å². The Bertz CT molecular complexity index is 231. The lowest BCUT2D eigenvalue weighted by Crippen LogP contribution is -2.47. The van der Waals surface area contributed by atoms with E-state index in [1.165, 1.54) is 0 Å². The number of nitrogens with two attached hydrogens (primary N) is 1. The van der Waals surface area contributed by atoms with Crippen molar-refractivity contribution in [2.45, 2.75) is 45.8 Å². The van der Waals surface area contributed by atoms with Crippen LogP contribution in [-0.4, -0.2) is 42.6 Å². The van der Waals surface area contributed by atoms with Crippen molar-refractivity contribution < 1.29 is 9.53 Å². The van der Waals surface area contributed by atoms with Crippen LogP contribution in [0.3, 0.4) is 0 Å². The monoisotopic (exact) mass is 228 g/mol. The first-order valence-corrected chi connectivity index (χ1v) is 6.19. The van der Waals surface area contributed by atoms with E-state index in [2.05, 4.69) is 6.92 Å². The summed E-state index contributed by atoms with van der Waals surface area (Å²) in [7, 11) is 0. The van der Waals surface area contributed by atoms with Gasteiger partial charge in [-0.3, -0.25) is 4.79 Å². The molecule has 1 aliphatic rings. The van der Waals surface area contributed by atoms with Gasteiger partial charge in [0.15, 0.2) is 0 Å². The van der Waals surface area contributed by atoms with Gasteiger partial charge in [-0.1, -0.05) is 20.8 Å². The number of carbonyl (C=O) groups excluding carboxylic acids is 1. The Hall–Kier alpha value is -0.610. The van der Waals surface area contributed by atoms with E-state index in [0.717, 1.165) is 13.0 Å². The molecule has 4 heteroatoms. The van der Waals surface area contributed by atoms with E-state index in [4.69, 9.17) is 10.5 Å². The summed E-state index contributed by atoms with van der Waals surface area (Å²) in [5, 5.41) is 0. The normalized spacial score (nSPS) is 23.6. The van der Waals surface area contributed by atoms with Crippen LogP contribution in [0.15, 0.2) is 0 Å². The highest BCUT2D eigenvalue weighted by molar-refractivity contribution is 5.77. The minimum atomic E-state index is -0.0320. The molecule has 0 aromatic carbocycles. The van der Waals surface area contributed by atoms with Crippen molar-refractivity contribution in [2.24, 2.45) is 11.7 Å². The molecule has 94 valence electrons. The van der Waals surface area contributed by atoms with E-state index in [1.54, 1.807) is 0 Å². The molecule has 0 radical (unpaired) electrons. The summed E-state index contributed by atoms with van der Waals surface area (Å²) >= 11 is 0. The molecule has 16 heavy (non-hydrogen) atoms. The van der Waals surface area contributed by atoms with Gasteiger partial charge in [-0.25, -0.2) is 0 Å². The van der Waals surface area contributed by atoms with Crippen molar-refractivity contribution in [3.05, 3.63) is 0 Å². The van der Waals surface area contributed by atoms with Gasteiger partial charge in [0.25, 0.3) is 0 Å². The van der Waals surface area contributed by atoms with Crippen molar-refractivity contribution in [3.63, 3.8) is 0 Å². The topological polar surface area (TPSA) is 55.6 Å². The molecule has 1 rings (SSSR count). The Morgan fingerprint density at radius 3 is 2.81 bits per heavy atom. The second-order valence-electron chi connectivity index (χ2n) is 4.85. The molecule has 2 unspecified atom stereocenters. The van der Waals surface area contributed by atoms with Crippen LogP contribution >= 0.6 is 0 Å². The Kier molecular flexibility index (Phi) is 5.22. The van der Waals surface area contributed by atoms with E-state index in [9.17, 15) is 4.79 Å². The first-order chi connectivity index (χ1) is 7.54. The van der Waals surface area contributed by atoms with Crippen LogP contribution in [0, 0.1) is 5.92 Å². The lowest BCUT2D eigenvalue weighted by atomic mass is 10.0. The zero-order chi connectivity index (χ0) is 12.1. The fourth-order valence-corrected chi connectivity index (χ4v) is 1.76. The number of amides is 1. The summed E-state index contributed by atoms with van der Waals surface area (Å²) in [6, 6.07) is -0.0320. The van der Waals surface area contributed by atoms with Crippen molar-refractivity contribution >= 4 is 5.91 Å². The van der Waals surface area contributed by atoms with Gasteiger partial charge < -0.3 is 15.4 Å². The molecule has 0 spiro atoms. The minimum absolute atomic E-state index is 0.0320. The molecule has 1 fully saturated rings. The first kappa shape index (κ1) is 13.5. The lowest BCUT2D eigenvalue weighted by molar-refractivity contribution is -0.139. The third kappa shape index (κ3) is 3.76. The smallest absolute Gasteiger partial charge is 0.224 e. The van der Waals surface area contributed by atoms with Gasteiger partial charge in [0.1, 0.15) is 0 Å². The summed E-state index contributed by atoms with van der Waals surface area (Å²) in [5.74, 6) is 0.523. The van der Waals surface area contributed by atoms with E-state index in [1.807, 2.05) is 18.7 Å². The number of ether oxygens (including phenoxy) is 1. The van der Waals surface area contributed by atoms with Crippen LogP contribution in [0.5, 0.6) is 0 Å². The number of morpholine rings is 1. The predicted octanol–water partition coefficient (Wildman–Crippen LogP) is 0.997. The molecule has 0 aromatic heterocycles. The van der Waals surface area contributed by atoms with Crippen LogP contribution in [0.4, 0.5) is 0 Å².